The summed E-state index contributed by atoms with van der Waals surface area (Å²) in [5.41, 5.74) is 1.84. The van der Waals surface area contributed by atoms with Crippen molar-refractivity contribution in [3.8, 4) is 0 Å². The van der Waals surface area contributed by atoms with Crippen molar-refractivity contribution in [3.05, 3.63) is 86.8 Å². The van der Waals surface area contributed by atoms with Gasteiger partial charge in [0.05, 0.1) is 25.9 Å². The predicted molar refractivity (Wildman–Crippen MR) is 111 cm³/mol. The van der Waals surface area contributed by atoms with Crippen LogP contribution in [0.4, 0.5) is 0 Å². The third-order valence-electron chi connectivity index (χ3n) is 4.44. The highest BCUT2D eigenvalue weighted by atomic mass is 35.5. The molecular formula is C22H20ClNO3S. The van der Waals surface area contributed by atoms with Gasteiger partial charge in [0, 0.05) is 22.5 Å². The van der Waals surface area contributed by atoms with Crippen molar-refractivity contribution in [1.82, 2.24) is 4.98 Å². The summed E-state index contributed by atoms with van der Waals surface area (Å²) in [5, 5.41) is 1.45. The molecule has 2 aromatic carbocycles. The van der Waals surface area contributed by atoms with E-state index in [0.717, 1.165) is 26.0 Å². The lowest BCUT2D eigenvalue weighted by molar-refractivity contribution is -0.142. The number of aromatic nitrogens is 1. The third kappa shape index (κ3) is 5.27. The molecule has 0 radical (unpaired) electrons. The number of nitrogens with zero attached hydrogens (tertiary/aromatic N) is 1. The molecule has 0 N–H and O–H groups in total. The van der Waals surface area contributed by atoms with Gasteiger partial charge in [-0.3, -0.25) is 9.59 Å². The quantitative estimate of drug-likeness (QED) is 0.495. The number of methoxy groups -OCH3 is 1. The summed E-state index contributed by atoms with van der Waals surface area (Å²) in [6.07, 6.45) is 2.67. The lowest BCUT2D eigenvalue weighted by Crippen LogP contribution is -2.19. The summed E-state index contributed by atoms with van der Waals surface area (Å²) in [6.45, 7) is 0. The normalized spacial score (nSPS) is 11.8. The SMILES string of the molecule is COC(=O)CC(C(=O)Cc1ncc(Cc2ccccc2Cl)s1)c1ccccc1. The Bertz CT molecular complexity index is 955. The van der Waals surface area contributed by atoms with Crippen molar-refractivity contribution in [2.75, 3.05) is 7.11 Å². The van der Waals surface area contributed by atoms with Crippen LogP contribution in [0.15, 0.2) is 60.8 Å². The number of esters is 1. The molecule has 0 aliphatic heterocycles. The number of carbonyl (C=O) groups excluding carboxylic acids is 2. The van der Waals surface area contributed by atoms with Gasteiger partial charge in [-0.2, -0.15) is 0 Å². The van der Waals surface area contributed by atoms with Crippen molar-refractivity contribution in [2.24, 2.45) is 0 Å². The molecule has 0 saturated carbocycles. The molecular weight excluding hydrogens is 394 g/mol. The van der Waals surface area contributed by atoms with Crippen LogP contribution in [0, 0.1) is 0 Å². The van der Waals surface area contributed by atoms with Gasteiger partial charge >= 0.3 is 5.97 Å². The number of benzene rings is 2. The Morgan fingerprint density at radius 3 is 2.54 bits per heavy atom. The Morgan fingerprint density at radius 2 is 1.82 bits per heavy atom. The van der Waals surface area contributed by atoms with E-state index in [0.29, 0.717) is 6.42 Å². The second-order valence-corrected chi connectivity index (χ2v) is 7.98. The zero-order chi connectivity index (χ0) is 19.9. The molecule has 0 aliphatic rings. The fourth-order valence-corrected chi connectivity index (χ4v) is 4.12. The summed E-state index contributed by atoms with van der Waals surface area (Å²) >= 11 is 7.72. The topological polar surface area (TPSA) is 56.3 Å². The minimum absolute atomic E-state index is 0.0250. The number of Topliss-reactive ketones (excluding diaryl/α,β-unsaturated/α-hetero) is 1. The van der Waals surface area contributed by atoms with Gasteiger partial charge in [-0.1, -0.05) is 60.1 Å². The lowest BCUT2D eigenvalue weighted by atomic mass is 9.90. The van der Waals surface area contributed by atoms with E-state index in [-0.39, 0.29) is 18.6 Å². The number of rotatable bonds is 8. The molecule has 0 fully saturated rings. The van der Waals surface area contributed by atoms with Crippen LogP contribution in [0.3, 0.4) is 0 Å². The van der Waals surface area contributed by atoms with Crippen LogP contribution in [0.2, 0.25) is 5.02 Å². The summed E-state index contributed by atoms with van der Waals surface area (Å²) < 4.78 is 4.77. The highest BCUT2D eigenvalue weighted by molar-refractivity contribution is 7.11. The van der Waals surface area contributed by atoms with Crippen LogP contribution >= 0.6 is 22.9 Å². The van der Waals surface area contributed by atoms with E-state index in [1.54, 1.807) is 6.20 Å². The van der Waals surface area contributed by atoms with Crippen LogP contribution in [0.1, 0.15) is 33.4 Å². The fraction of sp³-hybridized carbons (Fsp3) is 0.227. The Hall–Kier alpha value is -2.50. The molecule has 144 valence electrons. The Balaban J connectivity index is 1.72. The lowest BCUT2D eigenvalue weighted by Gasteiger charge is -2.14. The Morgan fingerprint density at radius 1 is 1.11 bits per heavy atom. The third-order valence-corrected chi connectivity index (χ3v) is 5.80. The van der Waals surface area contributed by atoms with Crippen LogP contribution < -0.4 is 0 Å². The molecule has 3 aromatic rings. The molecule has 0 bridgehead atoms. The average molecular weight is 414 g/mol. The van der Waals surface area contributed by atoms with Gasteiger partial charge in [-0.25, -0.2) is 4.98 Å². The number of halogens is 1. The van der Waals surface area contributed by atoms with E-state index >= 15 is 0 Å². The van der Waals surface area contributed by atoms with E-state index in [4.69, 9.17) is 16.3 Å². The van der Waals surface area contributed by atoms with Crippen LogP contribution in [-0.2, 0) is 27.2 Å². The summed E-state index contributed by atoms with van der Waals surface area (Å²) in [6, 6.07) is 17.0. The van der Waals surface area contributed by atoms with Crippen molar-refractivity contribution >= 4 is 34.7 Å². The van der Waals surface area contributed by atoms with Gasteiger partial charge in [-0.15, -0.1) is 11.3 Å². The van der Waals surface area contributed by atoms with Crippen molar-refractivity contribution in [3.63, 3.8) is 0 Å². The van der Waals surface area contributed by atoms with Crippen molar-refractivity contribution in [2.45, 2.75) is 25.2 Å². The standard InChI is InChI=1S/C22H20ClNO3S/c1-27-22(26)12-18(15-7-3-2-4-8-15)20(25)13-21-24-14-17(28-21)11-16-9-5-6-10-19(16)23/h2-10,14,18H,11-13H2,1H3. The molecule has 1 aromatic heterocycles. The van der Waals surface area contributed by atoms with E-state index < -0.39 is 11.9 Å². The first-order valence-corrected chi connectivity index (χ1v) is 10.1. The van der Waals surface area contributed by atoms with Crippen LogP contribution in [0.5, 0.6) is 0 Å². The van der Waals surface area contributed by atoms with Gasteiger partial charge in [0.25, 0.3) is 0 Å². The van der Waals surface area contributed by atoms with E-state index in [2.05, 4.69) is 4.98 Å². The van der Waals surface area contributed by atoms with Gasteiger partial charge in [0.15, 0.2) is 0 Å². The number of hydrogen-bond acceptors (Lipinski definition) is 5. The van der Waals surface area contributed by atoms with Crippen molar-refractivity contribution in [1.29, 1.82) is 0 Å². The summed E-state index contributed by atoms with van der Waals surface area (Å²) in [4.78, 5) is 30.2. The van der Waals surface area contributed by atoms with Gasteiger partial charge in [0.1, 0.15) is 10.8 Å². The molecule has 0 spiro atoms. The minimum atomic E-state index is -0.537. The maximum atomic E-state index is 12.9. The first kappa shape index (κ1) is 20.2. The Kier molecular flexibility index (Phi) is 6.95. The molecule has 1 unspecified atom stereocenters. The van der Waals surface area contributed by atoms with Gasteiger partial charge < -0.3 is 4.74 Å². The first-order valence-electron chi connectivity index (χ1n) is 8.88. The first-order chi connectivity index (χ1) is 13.6. The monoisotopic (exact) mass is 413 g/mol. The van der Waals surface area contributed by atoms with Crippen LogP contribution in [-0.4, -0.2) is 23.8 Å². The summed E-state index contributed by atoms with van der Waals surface area (Å²) in [5.74, 6) is -0.986. The Labute approximate surface area is 173 Å². The fourth-order valence-electron chi connectivity index (χ4n) is 2.97. The van der Waals surface area contributed by atoms with Gasteiger partial charge in [0.2, 0.25) is 0 Å². The second kappa shape index (κ2) is 9.62. The number of carbonyl (C=O) groups is 2. The molecule has 0 saturated heterocycles. The highest BCUT2D eigenvalue weighted by Crippen LogP contribution is 2.26. The average Bonchev–Trinajstić information content (AvgIpc) is 3.15. The second-order valence-electron chi connectivity index (χ2n) is 6.38. The van der Waals surface area contributed by atoms with E-state index in [9.17, 15) is 9.59 Å². The largest absolute Gasteiger partial charge is 0.469 e. The predicted octanol–water partition coefficient (Wildman–Crippen LogP) is 4.85. The minimum Gasteiger partial charge on any atom is -0.469 e. The molecule has 1 atom stereocenters. The zero-order valence-corrected chi connectivity index (χ0v) is 17.0. The molecule has 1 heterocycles. The maximum Gasteiger partial charge on any atom is 0.306 e. The smallest absolute Gasteiger partial charge is 0.306 e. The highest BCUT2D eigenvalue weighted by Gasteiger charge is 2.25. The molecule has 6 heteroatoms. The van der Waals surface area contributed by atoms with E-state index in [1.165, 1.54) is 18.4 Å². The molecule has 0 amide bonds. The van der Waals surface area contributed by atoms with Crippen LogP contribution in [0.25, 0.3) is 0 Å². The number of hydrogen-bond donors (Lipinski definition) is 0. The molecule has 28 heavy (non-hydrogen) atoms. The molecule has 4 nitrogen and oxygen atoms in total. The van der Waals surface area contributed by atoms with Crippen molar-refractivity contribution < 1.29 is 14.3 Å². The number of thiazole rings is 1. The van der Waals surface area contributed by atoms with E-state index in [1.807, 2.05) is 54.6 Å². The maximum absolute atomic E-state index is 12.9. The number of ether oxygens (including phenoxy) is 1. The molecule has 0 aliphatic carbocycles. The van der Waals surface area contributed by atoms with Gasteiger partial charge in [-0.05, 0) is 17.2 Å². The molecule has 3 rings (SSSR count). The number of ketones is 1. The summed E-state index contributed by atoms with van der Waals surface area (Å²) in [7, 11) is 1.33. The zero-order valence-electron chi connectivity index (χ0n) is 15.4.